The highest BCUT2D eigenvalue weighted by Gasteiger charge is 2.35. The van der Waals surface area contributed by atoms with Gasteiger partial charge in [-0.2, -0.15) is 4.31 Å². The number of piperazine rings is 1. The number of rotatable bonds is 5. The predicted octanol–water partition coefficient (Wildman–Crippen LogP) is 1.73. The molecule has 0 spiro atoms. The molecule has 7 nitrogen and oxygen atoms in total. The van der Waals surface area contributed by atoms with Gasteiger partial charge in [0.1, 0.15) is 5.82 Å². The van der Waals surface area contributed by atoms with Gasteiger partial charge in [0.15, 0.2) is 0 Å². The minimum atomic E-state index is -4.04. The third-order valence-corrected chi connectivity index (χ3v) is 6.14. The second-order valence-corrected chi connectivity index (χ2v) is 7.91. The number of aromatic nitrogens is 1. The van der Waals surface area contributed by atoms with E-state index in [2.05, 4.69) is 10.3 Å². The first-order chi connectivity index (χ1) is 12.9. The maximum Gasteiger partial charge on any atom is 0.338 e. The predicted molar refractivity (Wildman–Crippen MR) is 96.1 cm³/mol. The number of esters is 1. The van der Waals surface area contributed by atoms with Gasteiger partial charge in [-0.25, -0.2) is 17.6 Å². The van der Waals surface area contributed by atoms with Gasteiger partial charge in [-0.05, 0) is 36.8 Å². The molecule has 0 bridgehead atoms. The zero-order valence-corrected chi connectivity index (χ0v) is 15.6. The van der Waals surface area contributed by atoms with Crippen LogP contribution in [0.5, 0.6) is 0 Å². The molecule has 0 aliphatic carbocycles. The van der Waals surface area contributed by atoms with Crippen LogP contribution in [-0.2, 0) is 14.8 Å². The van der Waals surface area contributed by atoms with E-state index in [0.29, 0.717) is 13.1 Å². The summed E-state index contributed by atoms with van der Waals surface area (Å²) in [5, 5.41) is 3.16. The van der Waals surface area contributed by atoms with E-state index in [4.69, 9.17) is 4.74 Å². The van der Waals surface area contributed by atoms with Gasteiger partial charge in [0.05, 0.1) is 23.1 Å². The average Bonchev–Trinajstić information content (AvgIpc) is 2.68. The van der Waals surface area contributed by atoms with E-state index >= 15 is 0 Å². The summed E-state index contributed by atoms with van der Waals surface area (Å²) in [6.45, 7) is 2.82. The fourth-order valence-electron chi connectivity index (χ4n) is 3.01. The number of sulfonamides is 1. The Hall–Kier alpha value is -2.36. The van der Waals surface area contributed by atoms with Crippen molar-refractivity contribution in [2.45, 2.75) is 17.9 Å². The summed E-state index contributed by atoms with van der Waals surface area (Å²) in [6, 6.07) is 6.08. The Morgan fingerprint density at radius 1 is 1.41 bits per heavy atom. The highest BCUT2D eigenvalue weighted by molar-refractivity contribution is 7.89. The third-order valence-electron chi connectivity index (χ3n) is 4.25. The average molecular weight is 393 g/mol. The molecule has 9 heteroatoms. The first-order valence-electron chi connectivity index (χ1n) is 8.53. The van der Waals surface area contributed by atoms with E-state index in [1.807, 2.05) is 0 Å². The molecule has 144 valence electrons. The monoisotopic (exact) mass is 393 g/mol. The number of nitrogens with one attached hydrogen (secondary N) is 1. The smallest absolute Gasteiger partial charge is 0.338 e. The molecule has 1 aliphatic rings. The number of hydrogen-bond acceptors (Lipinski definition) is 6. The number of carbonyl (C=O) groups is 1. The maximum atomic E-state index is 14.0. The minimum Gasteiger partial charge on any atom is -0.462 e. The Morgan fingerprint density at radius 3 is 2.93 bits per heavy atom. The van der Waals surface area contributed by atoms with Crippen molar-refractivity contribution in [3.05, 3.63) is 59.7 Å². The van der Waals surface area contributed by atoms with Gasteiger partial charge in [0, 0.05) is 32.0 Å². The summed E-state index contributed by atoms with van der Waals surface area (Å²) in [7, 11) is -4.04. The van der Waals surface area contributed by atoms with Crippen LogP contribution >= 0.6 is 0 Å². The lowest BCUT2D eigenvalue weighted by atomic mass is 10.1. The summed E-state index contributed by atoms with van der Waals surface area (Å²) >= 11 is 0. The van der Waals surface area contributed by atoms with Crippen LogP contribution in [0.15, 0.2) is 47.6 Å². The summed E-state index contributed by atoms with van der Waals surface area (Å²) in [6.07, 6.45) is 3.21. The quantitative estimate of drug-likeness (QED) is 0.779. The largest absolute Gasteiger partial charge is 0.462 e. The van der Waals surface area contributed by atoms with Gasteiger partial charge in [-0.15, -0.1) is 0 Å². The molecule has 27 heavy (non-hydrogen) atoms. The molecule has 0 amide bonds. The van der Waals surface area contributed by atoms with Crippen LogP contribution in [-0.4, -0.2) is 49.9 Å². The Labute approximate surface area is 157 Å². The first kappa shape index (κ1) is 19.4. The van der Waals surface area contributed by atoms with Crippen LogP contribution in [0.3, 0.4) is 0 Å². The summed E-state index contributed by atoms with van der Waals surface area (Å²) in [5.74, 6) is -1.58. The highest BCUT2D eigenvalue weighted by Crippen LogP contribution is 2.29. The van der Waals surface area contributed by atoms with Gasteiger partial charge in [0.25, 0.3) is 0 Å². The topological polar surface area (TPSA) is 88.6 Å². The second kappa shape index (κ2) is 8.12. The van der Waals surface area contributed by atoms with Crippen LogP contribution in [0, 0.1) is 5.82 Å². The van der Waals surface area contributed by atoms with Crippen molar-refractivity contribution in [2.75, 3.05) is 26.2 Å². The molecule has 0 saturated carbocycles. The number of ether oxygens (including phenoxy) is 1. The Morgan fingerprint density at radius 2 is 2.22 bits per heavy atom. The van der Waals surface area contributed by atoms with Crippen molar-refractivity contribution in [1.29, 1.82) is 0 Å². The number of halogens is 1. The molecule has 1 aliphatic heterocycles. The molecule has 1 aromatic carbocycles. The van der Waals surface area contributed by atoms with Crippen molar-refractivity contribution in [3.63, 3.8) is 0 Å². The highest BCUT2D eigenvalue weighted by atomic mass is 32.2. The molecule has 1 N–H and O–H groups in total. The molecule has 1 saturated heterocycles. The van der Waals surface area contributed by atoms with Crippen molar-refractivity contribution in [1.82, 2.24) is 14.6 Å². The molecule has 0 radical (unpaired) electrons. The molecule has 2 heterocycles. The van der Waals surface area contributed by atoms with E-state index in [1.165, 1.54) is 4.31 Å². The minimum absolute atomic E-state index is 0.109. The molecular weight excluding hydrogens is 373 g/mol. The molecule has 1 aromatic heterocycles. The lowest BCUT2D eigenvalue weighted by Crippen LogP contribution is -2.48. The summed E-state index contributed by atoms with van der Waals surface area (Å²) in [4.78, 5) is 15.7. The normalized spacial score (nSPS) is 18.2. The van der Waals surface area contributed by atoms with Crippen molar-refractivity contribution in [3.8, 4) is 0 Å². The lowest BCUT2D eigenvalue weighted by Gasteiger charge is -2.35. The van der Waals surface area contributed by atoms with Gasteiger partial charge in [-0.1, -0.05) is 6.07 Å². The molecular formula is C18H20FN3O4S. The van der Waals surface area contributed by atoms with Crippen molar-refractivity contribution >= 4 is 16.0 Å². The van der Waals surface area contributed by atoms with Crippen LogP contribution in [0.1, 0.15) is 28.9 Å². The molecule has 1 fully saturated rings. The molecule has 3 rings (SSSR count). The molecule has 1 unspecified atom stereocenters. The Balaban J connectivity index is 2.00. The van der Waals surface area contributed by atoms with E-state index < -0.39 is 27.9 Å². The van der Waals surface area contributed by atoms with E-state index in [1.54, 1.807) is 31.5 Å². The van der Waals surface area contributed by atoms with E-state index in [0.717, 1.165) is 23.8 Å². The summed E-state index contributed by atoms with van der Waals surface area (Å²) < 4.78 is 46.6. The molecule has 1 atom stereocenters. The van der Waals surface area contributed by atoms with E-state index in [-0.39, 0.29) is 23.6 Å². The van der Waals surface area contributed by atoms with Crippen LogP contribution in [0.25, 0.3) is 0 Å². The number of benzene rings is 1. The van der Waals surface area contributed by atoms with Crippen LogP contribution < -0.4 is 5.32 Å². The number of pyridine rings is 1. The molecule has 2 aromatic rings. The van der Waals surface area contributed by atoms with Crippen molar-refractivity contribution in [2.24, 2.45) is 0 Å². The fourth-order valence-corrected chi connectivity index (χ4v) is 4.68. The second-order valence-electron chi connectivity index (χ2n) is 6.02. The van der Waals surface area contributed by atoms with Gasteiger partial charge in [0.2, 0.25) is 10.0 Å². The Kier molecular flexibility index (Phi) is 5.83. The number of nitrogens with zero attached hydrogens (tertiary/aromatic N) is 2. The van der Waals surface area contributed by atoms with Crippen LogP contribution in [0.2, 0.25) is 0 Å². The zero-order valence-electron chi connectivity index (χ0n) is 14.8. The Bertz CT molecular complexity index is 921. The lowest BCUT2D eigenvalue weighted by molar-refractivity contribution is 0.0525. The van der Waals surface area contributed by atoms with Crippen LogP contribution in [0.4, 0.5) is 4.39 Å². The SMILES string of the molecule is CCOC(=O)c1cc(F)cc(S(=O)(=O)N2CCNCC2c2cccnc2)c1. The third kappa shape index (κ3) is 4.15. The zero-order chi connectivity index (χ0) is 19.4. The van der Waals surface area contributed by atoms with Gasteiger partial charge in [-0.3, -0.25) is 4.98 Å². The van der Waals surface area contributed by atoms with Gasteiger partial charge < -0.3 is 10.1 Å². The number of carbonyl (C=O) groups excluding carboxylic acids is 1. The standard InChI is InChI=1S/C18H20FN3O4S/c1-2-26-18(23)14-8-15(19)10-16(9-14)27(24,25)22-7-6-21-12-17(22)13-4-3-5-20-11-13/h3-5,8-11,17,21H,2,6-7,12H2,1H3. The first-order valence-corrected chi connectivity index (χ1v) is 9.97. The fraction of sp³-hybridized carbons (Fsp3) is 0.333. The van der Waals surface area contributed by atoms with E-state index in [9.17, 15) is 17.6 Å². The maximum absolute atomic E-state index is 14.0. The summed E-state index contributed by atoms with van der Waals surface area (Å²) in [5.41, 5.74) is 0.596. The number of hydrogen-bond donors (Lipinski definition) is 1. The van der Waals surface area contributed by atoms with Gasteiger partial charge >= 0.3 is 5.97 Å². The van der Waals surface area contributed by atoms with Crippen molar-refractivity contribution < 1.29 is 22.3 Å².